The molecule has 2 rings (SSSR count). The Labute approximate surface area is 104 Å². The van der Waals surface area contributed by atoms with Crippen LogP contribution in [0.3, 0.4) is 0 Å². The molecule has 0 radical (unpaired) electrons. The summed E-state index contributed by atoms with van der Waals surface area (Å²) in [6, 6.07) is 6.50. The molecule has 1 aliphatic carbocycles. The Morgan fingerprint density at radius 2 is 1.82 bits per heavy atom. The highest BCUT2D eigenvalue weighted by molar-refractivity contribution is 5.30. The molecular formula is C15H22O2. The van der Waals surface area contributed by atoms with E-state index >= 15 is 0 Å². The van der Waals surface area contributed by atoms with E-state index < -0.39 is 5.60 Å². The first-order chi connectivity index (χ1) is 8.00. The SMILES string of the molecule is CCOC1CC(O)(Cc2cc(C)cc(C)c2)C1. The first-order valence-corrected chi connectivity index (χ1v) is 6.42. The maximum Gasteiger partial charge on any atom is 0.0737 e. The predicted octanol–water partition coefficient (Wildman–Crippen LogP) is 2.78. The lowest BCUT2D eigenvalue weighted by molar-refractivity contribution is -0.136. The molecule has 1 fully saturated rings. The van der Waals surface area contributed by atoms with Crippen LogP contribution in [0.1, 0.15) is 36.5 Å². The lowest BCUT2D eigenvalue weighted by Gasteiger charge is -2.43. The van der Waals surface area contributed by atoms with Gasteiger partial charge in [-0.25, -0.2) is 0 Å². The molecule has 2 heteroatoms. The van der Waals surface area contributed by atoms with Crippen LogP contribution in [0.2, 0.25) is 0 Å². The van der Waals surface area contributed by atoms with Crippen LogP contribution in [0, 0.1) is 13.8 Å². The first-order valence-electron chi connectivity index (χ1n) is 6.42. The second-order valence-electron chi connectivity index (χ2n) is 5.38. The van der Waals surface area contributed by atoms with Gasteiger partial charge in [-0.1, -0.05) is 29.3 Å². The monoisotopic (exact) mass is 234 g/mol. The van der Waals surface area contributed by atoms with Gasteiger partial charge in [-0.2, -0.15) is 0 Å². The molecule has 0 heterocycles. The van der Waals surface area contributed by atoms with E-state index in [2.05, 4.69) is 32.0 Å². The number of ether oxygens (including phenoxy) is 1. The molecule has 0 aliphatic heterocycles. The van der Waals surface area contributed by atoms with Gasteiger partial charge in [0, 0.05) is 25.9 Å². The zero-order chi connectivity index (χ0) is 12.5. The molecule has 0 bridgehead atoms. The first kappa shape index (κ1) is 12.6. The van der Waals surface area contributed by atoms with Crippen LogP contribution in [0.15, 0.2) is 18.2 Å². The van der Waals surface area contributed by atoms with Crippen molar-refractivity contribution in [2.75, 3.05) is 6.61 Å². The Bertz CT molecular complexity index is 372. The summed E-state index contributed by atoms with van der Waals surface area (Å²) in [5.74, 6) is 0. The van der Waals surface area contributed by atoms with E-state index in [1.165, 1.54) is 16.7 Å². The van der Waals surface area contributed by atoms with Crippen LogP contribution in [0.4, 0.5) is 0 Å². The minimum absolute atomic E-state index is 0.260. The molecule has 1 saturated carbocycles. The number of hydrogen-bond acceptors (Lipinski definition) is 2. The molecule has 94 valence electrons. The quantitative estimate of drug-likeness (QED) is 0.868. The third-order valence-corrected chi connectivity index (χ3v) is 3.43. The van der Waals surface area contributed by atoms with Gasteiger partial charge in [0.05, 0.1) is 11.7 Å². The summed E-state index contributed by atoms with van der Waals surface area (Å²) in [6.07, 6.45) is 2.55. The van der Waals surface area contributed by atoms with Crippen molar-refractivity contribution in [2.24, 2.45) is 0 Å². The van der Waals surface area contributed by atoms with Crippen LogP contribution < -0.4 is 0 Å². The fourth-order valence-corrected chi connectivity index (χ4v) is 2.84. The van der Waals surface area contributed by atoms with E-state index in [0.717, 1.165) is 25.9 Å². The zero-order valence-electron chi connectivity index (χ0n) is 11.0. The molecular weight excluding hydrogens is 212 g/mol. The summed E-state index contributed by atoms with van der Waals surface area (Å²) >= 11 is 0. The second kappa shape index (κ2) is 4.79. The van der Waals surface area contributed by atoms with Crippen molar-refractivity contribution >= 4 is 0 Å². The van der Waals surface area contributed by atoms with Crippen LogP contribution in [-0.2, 0) is 11.2 Å². The Balaban J connectivity index is 1.97. The smallest absolute Gasteiger partial charge is 0.0737 e. The molecule has 2 nitrogen and oxygen atoms in total. The van der Waals surface area contributed by atoms with Gasteiger partial charge in [-0.3, -0.25) is 0 Å². The minimum Gasteiger partial charge on any atom is -0.389 e. The summed E-state index contributed by atoms with van der Waals surface area (Å²) in [7, 11) is 0. The summed E-state index contributed by atoms with van der Waals surface area (Å²) in [5, 5.41) is 10.4. The topological polar surface area (TPSA) is 29.5 Å². The van der Waals surface area contributed by atoms with E-state index in [-0.39, 0.29) is 6.10 Å². The summed E-state index contributed by atoms with van der Waals surface area (Å²) < 4.78 is 5.50. The highest BCUT2D eigenvalue weighted by Crippen LogP contribution is 2.37. The standard InChI is InChI=1S/C15H22O2/c1-4-17-14-9-15(16,10-14)8-13-6-11(2)5-12(3)7-13/h5-7,14,16H,4,8-10H2,1-3H3. The highest BCUT2D eigenvalue weighted by atomic mass is 16.5. The van der Waals surface area contributed by atoms with Gasteiger partial charge in [0.2, 0.25) is 0 Å². The van der Waals surface area contributed by atoms with E-state index in [1.807, 2.05) is 6.92 Å². The third-order valence-electron chi connectivity index (χ3n) is 3.43. The van der Waals surface area contributed by atoms with Gasteiger partial charge < -0.3 is 9.84 Å². The van der Waals surface area contributed by atoms with Gasteiger partial charge in [0.25, 0.3) is 0 Å². The van der Waals surface area contributed by atoms with Crippen molar-refractivity contribution in [3.63, 3.8) is 0 Å². The average molecular weight is 234 g/mol. The van der Waals surface area contributed by atoms with E-state index in [4.69, 9.17) is 4.74 Å². The average Bonchev–Trinajstić information content (AvgIpc) is 2.13. The maximum atomic E-state index is 10.4. The fraction of sp³-hybridized carbons (Fsp3) is 0.600. The number of benzene rings is 1. The Hall–Kier alpha value is -0.860. The van der Waals surface area contributed by atoms with Crippen molar-refractivity contribution in [2.45, 2.75) is 51.7 Å². The van der Waals surface area contributed by atoms with Crippen LogP contribution in [0.5, 0.6) is 0 Å². The van der Waals surface area contributed by atoms with Crippen LogP contribution in [-0.4, -0.2) is 23.4 Å². The summed E-state index contributed by atoms with van der Waals surface area (Å²) in [6.45, 7) is 6.94. The zero-order valence-corrected chi connectivity index (χ0v) is 11.0. The van der Waals surface area contributed by atoms with Gasteiger partial charge in [-0.15, -0.1) is 0 Å². The number of aliphatic hydroxyl groups is 1. The molecule has 1 aliphatic rings. The van der Waals surface area contributed by atoms with E-state index in [9.17, 15) is 5.11 Å². The highest BCUT2D eigenvalue weighted by Gasteiger charge is 2.43. The molecule has 17 heavy (non-hydrogen) atoms. The van der Waals surface area contributed by atoms with Gasteiger partial charge in [-0.05, 0) is 26.3 Å². The molecule has 0 unspecified atom stereocenters. The largest absolute Gasteiger partial charge is 0.389 e. The predicted molar refractivity (Wildman–Crippen MR) is 69.2 cm³/mol. The van der Waals surface area contributed by atoms with Crippen molar-refractivity contribution in [1.82, 2.24) is 0 Å². The van der Waals surface area contributed by atoms with Crippen molar-refractivity contribution in [3.05, 3.63) is 34.9 Å². The Morgan fingerprint density at radius 3 is 2.35 bits per heavy atom. The van der Waals surface area contributed by atoms with Crippen molar-refractivity contribution < 1.29 is 9.84 Å². The van der Waals surface area contributed by atoms with E-state index in [1.54, 1.807) is 0 Å². The number of rotatable bonds is 4. The molecule has 0 aromatic heterocycles. The molecule has 0 amide bonds. The normalized spacial score (nSPS) is 27.9. The van der Waals surface area contributed by atoms with Crippen LogP contribution in [0.25, 0.3) is 0 Å². The minimum atomic E-state index is -0.542. The fourth-order valence-electron chi connectivity index (χ4n) is 2.84. The lowest BCUT2D eigenvalue weighted by Crippen LogP contribution is -2.49. The van der Waals surface area contributed by atoms with Crippen molar-refractivity contribution in [1.29, 1.82) is 0 Å². The van der Waals surface area contributed by atoms with Crippen molar-refractivity contribution in [3.8, 4) is 0 Å². The number of aryl methyl sites for hydroxylation is 2. The van der Waals surface area contributed by atoms with E-state index in [0.29, 0.717) is 0 Å². The molecule has 1 aromatic carbocycles. The van der Waals surface area contributed by atoms with Gasteiger partial charge in [0.1, 0.15) is 0 Å². The maximum absolute atomic E-state index is 10.4. The lowest BCUT2D eigenvalue weighted by atomic mass is 9.73. The molecule has 1 aromatic rings. The molecule has 1 N–H and O–H groups in total. The van der Waals surface area contributed by atoms with Crippen LogP contribution >= 0.6 is 0 Å². The second-order valence-corrected chi connectivity index (χ2v) is 5.38. The number of hydrogen-bond donors (Lipinski definition) is 1. The Morgan fingerprint density at radius 1 is 1.24 bits per heavy atom. The molecule has 0 atom stereocenters. The molecule has 0 saturated heterocycles. The summed E-state index contributed by atoms with van der Waals surface area (Å²) in [5.41, 5.74) is 3.23. The van der Waals surface area contributed by atoms with Gasteiger partial charge in [0.15, 0.2) is 0 Å². The molecule has 0 spiro atoms. The summed E-state index contributed by atoms with van der Waals surface area (Å²) in [4.78, 5) is 0. The third kappa shape index (κ3) is 3.08. The van der Waals surface area contributed by atoms with Gasteiger partial charge >= 0.3 is 0 Å². The Kier molecular flexibility index (Phi) is 3.55.